The summed E-state index contributed by atoms with van der Waals surface area (Å²) >= 11 is 0. The quantitative estimate of drug-likeness (QED) is 0.197. The molecule has 1 aromatic carbocycles. The zero-order valence-corrected chi connectivity index (χ0v) is 6.16. The lowest BCUT2D eigenvalue weighted by Crippen LogP contribution is -2.17. The van der Waals surface area contributed by atoms with Crippen molar-refractivity contribution in [3.8, 4) is 0 Å². The van der Waals surface area contributed by atoms with Gasteiger partial charge in [0.1, 0.15) is 13.7 Å². The molecule has 1 rings (SSSR count). The summed E-state index contributed by atoms with van der Waals surface area (Å²) in [5.41, 5.74) is 5.59. The molecule has 2 radical (unpaired) electrons. The van der Waals surface area contributed by atoms with E-state index in [1.807, 2.05) is 0 Å². The Morgan fingerprint density at radius 2 is 2.25 bits per heavy atom. The fourth-order valence-corrected chi connectivity index (χ4v) is 0.761. The minimum Gasteiger partial charge on any atom is -0.409 e. The summed E-state index contributed by atoms with van der Waals surface area (Å²) in [5.74, 6) is -0.619. The summed E-state index contributed by atoms with van der Waals surface area (Å²) < 4.78 is 12.6. The zero-order chi connectivity index (χ0) is 9.14. The van der Waals surface area contributed by atoms with Crippen LogP contribution in [-0.4, -0.2) is 18.9 Å². The standard InChI is InChI=1S/C7H6BFN2O/c8-5-3-4(7(10)11-12)1-2-6(5)9/h1-3,12H,(H2,10,11). The summed E-state index contributed by atoms with van der Waals surface area (Å²) in [6.45, 7) is 0. The Bertz CT molecular complexity index is 327. The van der Waals surface area contributed by atoms with E-state index in [2.05, 4.69) is 5.16 Å². The van der Waals surface area contributed by atoms with Gasteiger partial charge in [-0.05, 0) is 12.1 Å². The van der Waals surface area contributed by atoms with E-state index in [-0.39, 0.29) is 11.3 Å². The fourth-order valence-electron chi connectivity index (χ4n) is 0.761. The highest BCUT2D eigenvalue weighted by Gasteiger charge is 2.01. The number of rotatable bonds is 1. The minimum atomic E-state index is -0.524. The van der Waals surface area contributed by atoms with Crippen molar-refractivity contribution in [2.45, 2.75) is 0 Å². The Kier molecular flexibility index (Phi) is 2.33. The maximum absolute atomic E-state index is 12.6. The molecule has 0 aliphatic heterocycles. The fraction of sp³-hybridized carbons (Fsp3) is 0. The smallest absolute Gasteiger partial charge is 0.170 e. The minimum absolute atomic E-state index is 0.0286. The van der Waals surface area contributed by atoms with E-state index in [1.165, 1.54) is 12.1 Å². The second-order valence-electron chi connectivity index (χ2n) is 2.22. The summed E-state index contributed by atoms with van der Waals surface area (Å²) in [6, 6.07) is 3.83. The van der Waals surface area contributed by atoms with Crippen LogP contribution in [0, 0.1) is 5.82 Å². The lowest BCUT2D eigenvalue weighted by Gasteiger charge is -2.00. The molecule has 0 saturated heterocycles. The Morgan fingerprint density at radius 1 is 1.58 bits per heavy atom. The van der Waals surface area contributed by atoms with Gasteiger partial charge in [-0.15, -0.1) is 0 Å². The molecular weight excluding hydrogens is 158 g/mol. The molecule has 0 heterocycles. The van der Waals surface area contributed by atoms with Gasteiger partial charge < -0.3 is 10.9 Å². The van der Waals surface area contributed by atoms with Crippen molar-refractivity contribution in [3.05, 3.63) is 29.6 Å². The molecule has 0 fully saturated rings. The lowest BCUT2D eigenvalue weighted by atomic mass is 9.93. The van der Waals surface area contributed by atoms with Gasteiger partial charge in [-0.2, -0.15) is 0 Å². The van der Waals surface area contributed by atoms with Gasteiger partial charge in [0, 0.05) is 5.56 Å². The van der Waals surface area contributed by atoms with Crippen LogP contribution in [-0.2, 0) is 0 Å². The molecule has 60 valence electrons. The Labute approximate surface area is 70.1 Å². The van der Waals surface area contributed by atoms with Crippen LogP contribution in [0.1, 0.15) is 5.56 Å². The van der Waals surface area contributed by atoms with E-state index in [4.69, 9.17) is 18.8 Å². The van der Waals surface area contributed by atoms with Gasteiger partial charge in [0.15, 0.2) is 5.84 Å². The molecule has 3 nitrogen and oxygen atoms in total. The highest BCUT2D eigenvalue weighted by atomic mass is 19.1. The average Bonchev–Trinajstić information content (AvgIpc) is 2.08. The van der Waals surface area contributed by atoms with Crippen LogP contribution >= 0.6 is 0 Å². The molecule has 0 bridgehead atoms. The van der Waals surface area contributed by atoms with E-state index in [1.54, 1.807) is 0 Å². The van der Waals surface area contributed by atoms with E-state index < -0.39 is 5.82 Å². The van der Waals surface area contributed by atoms with Crippen LogP contribution in [0.15, 0.2) is 23.4 Å². The number of hydrogen-bond acceptors (Lipinski definition) is 2. The molecule has 1 aromatic rings. The normalized spacial score (nSPS) is 11.6. The summed E-state index contributed by atoms with van der Waals surface area (Å²) in [6.07, 6.45) is 0. The molecule has 12 heavy (non-hydrogen) atoms. The Balaban J connectivity index is 3.13. The third kappa shape index (κ3) is 1.55. The lowest BCUT2D eigenvalue weighted by molar-refractivity contribution is 0.318. The molecule has 0 aliphatic rings. The number of amidine groups is 1. The number of benzene rings is 1. The van der Waals surface area contributed by atoms with E-state index >= 15 is 0 Å². The molecule has 0 saturated carbocycles. The van der Waals surface area contributed by atoms with Crippen molar-refractivity contribution in [2.24, 2.45) is 10.9 Å². The Morgan fingerprint density at radius 3 is 2.75 bits per heavy atom. The predicted molar refractivity (Wildman–Crippen MR) is 44.3 cm³/mol. The number of nitrogens with two attached hydrogens (primary N) is 1. The number of nitrogens with zero attached hydrogens (tertiary/aromatic N) is 1. The van der Waals surface area contributed by atoms with Gasteiger partial charge in [0.05, 0.1) is 0 Å². The van der Waals surface area contributed by atoms with Crippen LogP contribution in [0.5, 0.6) is 0 Å². The number of oxime groups is 1. The van der Waals surface area contributed by atoms with E-state index in [0.29, 0.717) is 5.56 Å². The molecule has 3 N–H and O–H groups in total. The zero-order valence-electron chi connectivity index (χ0n) is 6.16. The Hall–Kier alpha value is -1.52. The van der Waals surface area contributed by atoms with Crippen molar-refractivity contribution in [2.75, 3.05) is 0 Å². The molecule has 0 aromatic heterocycles. The van der Waals surface area contributed by atoms with Gasteiger partial charge in [-0.3, -0.25) is 0 Å². The first-order chi connectivity index (χ1) is 5.65. The van der Waals surface area contributed by atoms with Crippen LogP contribution in [0.4, 0.5) is 4.39 Å². The first kappa shape index (κ1) is 8.58. The maximum atomic E-state index is 12.6. The van der Waals surface area contributed by atoms with E-state index in [0.717, 1.165) is 6.07 Å². The molecular formula is C7H6BFN2O. The monoisotopic (exact) mass is 164 g/mol. The van der Waals surface area contributed by atoms with Crippen LogP contribution < -0.4 is 11.2 Å². The molecule has 0 spiro atoms. The number of hydrogen-bond donors (Lipinski definition) is 2. The molecule has 0 aliphatic carbocycles. The largest absolute Gasteiger partial charge is 0.409 e. The first-order valence-corrected chi connectivity index (χ1v) is 3.18. The second-order valence-corrected chi connectivity index (χ2v) is 2.22. The van der Waals surface area contributed by atoms with Crippen molar-refractivity contribution < 1.29 is 9.60 Å². The van der Waals surface area contributed by atoms with Crippen LogP contribution in [0.2, 0.25) is 0 Å². The van der Waals surface area contributed by atoms with Crippen molar-refractivity contribution in [1.29, 1.82) is 0 Å². The molecule has 5 heteroatoms. The van der Waals surface area contributed by atoms with Crippen LogP contribution in [0.25, 0.3) is 0 Å². The van der Waals surface area contributed by atoms with Crippen molar-refractivity contribution >= 4 is 19.1 Å². The van der Waals surface area contributed by atoms with E-state index in [9.17, 15) is 4.39 Å². The first-order valence-electron chi connectivity index (χ1n) is 3.18. The maximum Gasteiger partial charge on any atom is 0.170 e. The topological polar surface area (TPSA) is 58.6 Å². The molecule has 0 unspecified atom stereocenters. The van der Waals surface area contributed by atoms with Crippen molar-refractivity contribution in [3.63, 3.8) is 0 Å². The average molecular weight is 164 g/mol. The van der Waals surface area contributed by atoms with Crippen LogP contribution in [0.3, 0.4) is 0 Å². The molecule has 0 amide bonds. The predicted octanol–water partition coefficient (Wildman–Crippen LogP) is -0.286. The van der Waals surface area contributed by atoms with Crippen molar-refractivity contribution in [1.82, 2.24) is 0 Å². The van der Waals surface area contributed by atoms with Gasteiger partial charge in [0.2, 0.25) is 0 Å². The second kappa shape index (κ2) is 3.25. The number of halogens is 1. The highest BCUT2D eigenvalue weighted by molar-refractivity contribution is 6.32. The van der Waals surface area contributed by atoms with Gasteiger partial charge in [-0.1, -0.05) is 16.7 Å². The third-order valence-corrected chi connectivity index (χ3v) is 1.40. The molecule has 0 atom stereocenters. The highest BCUT2D eigenvalue weighted by Crippen LogP contribution is 1.98. The SMILES string of the molecule is [B]c1cc(/C(N)=N\O)ccc1F. The third-order valence-electron chi connectivity index (χ3n) is 1.40. The van der Waals surface area contributed by atoms with Gasteiger partial charge >= 0.3 is 0 Å². The van der Waals surface area contributed by atoms with Gasteiger partial charge in [0.25, 0.3) is 0 Å². The van der Waals surface area contributed by atoms with Gasteiger partial charge in [-0.25, -0.2) is 4.39 Å². The summed E-state index contributed by atoms with van der Waals surface area (Å²) in [4.78, 5) is 0. The summed E-state index contributed by atoms with van der Waals surface area (Å²) in [5, 5.41) is 11.0. The summed E-state index contributed by atoms with van der Waals surface area (Å²) in [7, 11) is 5.25.